The second-order valence-electron chi connectivity index (χ2n) is 5.55. The largest absolute Gasteiger partial charge is 0.478 e. The van der Waals surface area contributed by atoms with E-state index in [2.05, 4.69) is 10.4 Å². The zero-order chi connectivity index (χ0) is 16.4. The molecule has 2 aromatic rings. The number of aromatic nitrogens is 2. The minimum absolute atomic E-state index is 0.137. The molecule has 116 valence electrons. The van der Waals surface area contributed by atoms with Crippen LogP contribution >= 0.6 is 0 Å². The summed E-state index contributed by atoms with van der Waals surface area (Å²) >= 11 is 0. The number of aryl methyl sites for hydroxylation is 2. The fraction of sp³-hybridized carbons (Fsp3) is 0.312. The van der Waals surface area contributed by atoms with Crippen LogP contribution in [-0.4, -0.2) is 26.8 Å². The lowest BCUT2D eigenvalue weighted by molar-refractivity contribution is 0.0696. The summed E-state index contributed by atoms with van der Waals surface area (Å²) < 4.78 is 1.61. The van der Waals surface area contributed by atoms with Crippen LogP contribution in [0.3, 0.4) is 0 Å². The second kappa shape index (κ2) is 6.01. The number of carboxylic acid groups (broad SMARTS) is 1. The number of rotatable bonds is 4. The molecule has 2 rings (SSSR count). The number of hydrogen-bond acceptors (Lipinski definition) is 3. The Kier molecular flexibility index (Phi) is 4.30. The number of carbonyl (C=O) groups excluding carboxylic acids is 1. The summed E-state index contributed by atoms with van der Waals surface area (Å²) in [6, 6.07) is 4.71. The predicted octanol–water partition coefficient (Wildman–Crippen LogP) is 2.80. The van der Waals surface area contributed by atoms with Gasteiger partial charge in [0.1, 0.15) is 0 Å². The van der Waals surface area contributed by atoms with E-state index in [1.165, 1.54) is 6.07 Å². The molecule has 22 heavy (non-hydrogen) atoms. The summed E-state index contributed by atoms with van der Waals surface area (Å²) in [5.41, 5.74) is 2.64. The van der Waals surface area contributed by atoms with E-state index in [9.17, 15) is 9.59 Å². The van der Waals surface area contributed by atoms with Gasteiger partial charge in [0.2, 0.25) is 0 Å². The number of nitrogens with one attached hydrogen (secondary N) is 1. The van der Waals surface area contributed by atoms with E-state index in [0.29, 0.717) is 16.8 Å². The van der Waals surface area contributed by atoms with Crippen LogP contribution in [-0.2, 0) is 7.05 Å². The summed E-state index contributed by atoms with van der Waals surface area (Å²) in [6.07, 6.45) is 1.68. The van der Waals surface area contributed by atoms with Gasteiger partial charge in [0.15, 0.2) is 0 Å². The van der Waals surface area contributed by atoms with Crippen LogP contribution in [0.4, 0.5) is 5.69 Å². The normalized spacial score (nSPS) is 10.8. The van der Waals surface area contributed by atoms with Crippen LogP contribution < -0.4 is 5.32 Å². The fourth-order valence-electron chi connectivity index (χ4n) is 2.29. The van der Waals surface area contributed by atoms with Crippen LogP contribution in [0, 0.1) is 6.92 Å². The predicted molar refractivity (Wildman–Crippen MR) is 83.4 cm³/mol. The molecule has 0 aliphatic rings. The van der Waals surface area contributed by atoms with Crippen molar-refractivity contribution in [2.24, 2.45) is 7.05 Å². The number of anilines is 1. The average molecular weight is 301 g/mol. The third-order valence-corrected chi connectivity index (χ3v) is 3.36. The zero-order valence-corrected chi connectivity index (χ0v) is 13.0. The van der Waals surface area contributed by atoms with E-state index in [1.54, 1.807) is 37.0 Å². The standard InChI is InChI=1S/C16H19N3O3/c1-9(2)14-13(8-19(4)18-14)15(20)17-11-5-6-12(16(21)22)10(3)7-11/h5-9H,1-4H3,(H,17,20)(H,21,22). The molecule has 0 atom stereocenters. The van der Waals surface area contributed by atoms with Gasteiger partial charge in [-0.3, -0.25) is 9.48 Å². The minimum Gasteiger partial charge on any atom is -0.478 e. The van der Waals surface area contributed by atoms with Crippen LogP contribution in [0.2, 0.25) is 0 Å². The molecule has 0 unspecified atom stereocenters. The molecule has 1 aromatic heterocycles. The number of nitrogens with zero attached hydrogens (tertiary/aromatic N) is 2. The van der Waals surface area contributed by atoms with Gasteiger partial charge in [-0.05, 0) is 36.6 Å². The highest BCUT2D eigenvalue weighted by Crippen LogP contribution is 2.20. The SMILES string of the molecule is Cc1cc(NC(=O)c2cn(C)nc2C(C)C)ccc1C(=O)O. The molecule has 1 amide bonds. The monoisotopic (exact) mass is 301 g/mol. The Morgan fingerprint density at radius 2 is 1.95 bits per heavy atom. The topological polar surface area (TPSA) is 84.2 Å². The van der Waals surface area contributed by atoms with Crippen molar-refractivity contribution in [1.29, 1.82) is 0 Å². The van der Waals surface area contributed by atoms with Crippen LogP contribution in [0.1, 0.15) is 51.7 Å². The average Bonchev–Trinajstić information content (AvgIpc) is 2.81. The van der Waals surface area contributed by atoms with Gasteiger partial charge in [-0.15, -0.1) is 0 Å². The first-order valence-corrected chi connectivity index (χ1v) is 6.98. The van der Waals surface area contributed by atoms with Gasteiger partial charge in [-0.2, -0.15) is 5.10 Å². The number of hydrogen-bond donors (Lipinski definition) is 2. The molecule has 0 fully saturated rings. The molecule has 0 aliphatic carbocycles. The molecule has 6 nitrogen and oxygen atoms in total. The van der Waals surface area contributed by atoms with Crippen molar-refractivity contribution in [2.75, 3.05) is 5.32 Å². The molecule has 0 bridgehead atoms. The maximum Gasteiger partial charge on any atom is 0.335 e. The van der Waals surface area contributed by atoms with E-state index in [1.807, 2.05) is 13.8 Å². The van der Waals surface area contributed by atoms with Crippen LogP contribution in [0.15, 0.2) is 24.4 Å². The minimum atomic E-state index is -0.982. The first kappa shape index (κ1) is 15.8. The third kappa shape index (κ3) is 3.16. The van der Waals surface area contributed by atoms with Gasteiger partial charge >= 0.3 is 5.97 Å². The van der Waals surface area contributed by atoms with Gasteiger partial charge in [0, 0.05) is 18.9 Å². The number of carboxylic acids is 1. The summed E-state index contributed by atoms with van der Waals surface area (Å²) in [7, 11) is 1.77. The van der Waals surface area contributed by atoms with Crippen molar-refractivity contribution < 1.29 is 14.7 Å². The molecule has 0 saturated heterocycles. The highest BCUT2D eigenvalue weighted by molar-refractivity contribution is 6.05. The van der Waals surface area contributed by atoms with Crippen LogP contribution in [0.5, 0.6) is 0 Å². The number of benzene rings is 1. The van der Waals surface area contributed by atoms with Crippen molar-refractivity contribution >= 4 is 17.6 Å². The molecule has 1 heterocycles. The highest BCUT2D eigenvalue weighted by atomic mass is 16.4. The van der Waals surface area contributed by atoms with Crippen molar-refractivity contribution in [1.82, 2.24) is 9.78 Å². The number of aromatic carboxylic acids is 1. The Labute approximate surface area is 128 Å². The van der Waals surface area contributed by atoms with Gasteiger partial charge in [0.25, 0.3) is 5.91 Å². The lowest BCUT2D eigenvalue weighted by Gasteiger charge is -2.09. The molecule has 0 spiro atoms. The quantitative estimate of drug-likeness (QED) is 0.909. The summed E-state index contributed by atoms with van der Waals surface area (Å²) in [5, 5.41) is 16.1. The molecule has 0 radical (unpaired) electrons. The molecule has 2 N–H and O–H groups in total. The van der Waals surface area contributed by atoms with Crippen molar-refractivity contribution in [3.8, 4) is 0 Å². The second-order valence-corrected chi connectivity index (χ2v) is 5.55. The molecular weight excluding hydrogens is 282 g/mol. The highest BCUT2D eigenvalue weighted by Gasteiger charge is 2.18. The van der Waals surface area contributed by atoms with E-state index in [4.69, 9.17) is 5.11 Å². The van der Waals surface area contributed by atoms with Crippen LogP contribution in [0.25, 0.3) is 0 Å². The zero-order valence-electron chi connectivity index (χ0n) is 13.0. The lowest BCUT2D eigenvalue weighted by atomic mass is 10.1. The Hall–Kier alpha value is -2.63. The van der Waals surface area contributed by atoms with Gasteiger partial charge in [-0.1, -0.05) is 13.8 Å². The van der Waals surface area contributed by atoms with E-state index in [-0.39, 0.29) is 17.4 Å². The summed E-state index contributed by atoms with van der Waals surface area (Å²) in [5.74, 6) is -1.10. The number of carbonyl (C=O) groups is 2. The Bertz CT molecular complexity index is 732. The number of amides is 1. The van der Waals surface area contributed by atoms with Gasteiger partial charge in [-0.25, -0.2) is 4.79 Å². The Balaban J connectivity index is 2.26. The summed E-state index contributed by atoms with van der Waals surface area (Å²) in [6.45, 7) is 5.65. The first-order chi connectivity index (χ1) is 10.3. The maximum absolute atomic E-state index is 12.4. The van der Waals surface area contributed by atoms with Crippen molar-refractivity contribution in [3.05, 3.63) is 46.8 Å². The van der Waals surface area contributed by atoms with Gasteiger partial charge < -0.3 is 10.4 Å². The van der Waals surface area contributed by atoms with Crippen molar-refractivity contribution in [2.45, 2.75) is 26.7 Å². The fourth-order valence-corrected chi connectivity index (χ4v) is 2.29. The first-order valence-electron chi connectivity index (χ1n) is 6.98. The molecule has 6 heteroatoms. The van der Waals surface area contributed by atoms with E-state index in [0.717, 1.165) is 5.69 Å². The molecule has 0 saturated carbocycles. The van der Waals surface area contributed by atoms with Crippen molar-refractivity contribution in [3.63, 3.8) is 0 Å². The Morgan fingerprint density at radius 1 is 1.27 bits per heavy atom. The molecule has 0 aliphatic heterocycles. The van der Waals surface area contributed by atoms with E-state index < -0.39 is 5.97 Å². The third-order valence-electron chi connectivity index (χ3n) is 3.36. The Morgan fingerprint density at radius 3 is 2.50 bits per heavy atom. The molecule has 1 aromatic carbocycles. The smallest absolute Gasteiger partial charge is 0.335 e. The van der Waals surface area contributed by atoms with E-state index >= 15 is 0 Å². The van der Waals surface area contributed by atoms with Gasteiger partial charge in [0.05, 0.1) is 16.8 Å². The maximum atomic E-state index is 12.4. The summed E-state index contributed by atoms with van der Waals surface area (Å²) in [4.78, 5) is 23.4. The molecular formula is C16H19N3O3. The lowest BCUT2D eigenvalue weighted by Crippen LogP contribution is -2.14.